The highest BCUT2D eigenvalue weighted by atomic mass is 32.2. The number of sulfonamides is 1. The molecular weight excluding hydrogens is 282 g/mol. The van der Waals surface area contributed by atoms with E-state index in [0.717, 1.165) is 0 Å². The lowest BCUT2D eigenvalue weighted by Gasteiger charge is -2.06. The second-order valence-electron chi connectivity index (χ2n) is 4.22. The standard InChI is InChI=1S/C12H13N3O4S/c1-15-8-10(7-13-15)14-20(18,19)11-4-2-9(3-5-11)6-12(16)17/h2-5,7-8,14H,6H2,1H3,(H,16,17). The summed E-state index contributed by atoms with van der Waals surface area (Å²) in [6.45, 7) is 0. The largest absolute Gasteiger partial charge is 0.481 e. The molecule has 0 radical (unpaired) electrons. The first-order valence-electron chi connectivity index (χ1n) is 5.69. The Hall–Kier alpha value is -2.35. The number of aliphatic carboxylic acids is 1. The molecule has 0 aliphatic carbocycles. The third-order valence-electron chi connectivity index (χ3n) is 2.55. The summed E-state index contributed by atoms with van der Waals surface area (Å²) in [6, 6.07) is 5.70. The fraction of sp³-hybridized carbons (Fsp3) is 0.167. The van der Waals surface area contributed by atoms with Gasteiger partial charge in [0.1, 0.15) is 0 Å². The zero-order valence-corrected chi connectivity index (χ0v) is 11.5. The first kappa shape index (κ1) is 14.1. The van der Waals surface area contributed by atoms with Gasteiger partial charge in [0.05, 0.1) is 23.2 Å². The van der Waals surface area contributed by atoms with Gasteiger partial charge < -0.3 is 5.11 Å². The minimum absolute atomic E-state index is 0.0653. The summed E-state index contributed by atoms with van der Waals surface area (Å²) in [5.74, 6) is -0.964. The Balaban J connectivity index is 2.19. The Morgan fingerprint density at radius 2 is 2.00 bits per heavy atom. The number of rotatable bonds is 5. The molecule has 20 heavy (non-hydrogen) atoms. The second-order valence-corrected chi connectivity index (χ2v) is 5.91. The number of hydrogen-bond acceptors (Lipinski definition) is 4. The van der Waals surface area contributed by atoms with Crippen molar-refractivity contribution in [3.63, 3.8) is 0 Å². The van der Waals surface area contributed by atoms with Crippen LogP contribution in [0.2, 0.25) is 0 Å². The van der Waals surface area contributed by atoms with Gasteiger partial charge in [-0.1, -0.05) is 12.1 Å². The Morgan fingerprint density at radius 1 is 1.35 bits per heavy atom. The van der Waals surface area contributed by atoms with Crippen molar-refractivity contribution in [3.05, 3.63) is 42.2 Å². The molecule has 0 saturated carbocycles. The normalized spacial score (nSPS) is 11.2. The van der Waals surface area contributed by atoms with Gasteiger partial charge in [-0.2, -0.15) is 5.10 Å². The topological polar surface area (TPSA) is 101 Å². The number of aryl methyl sites for hydroxylation is 1. The zero-order valence-electron chi connectivity index (χ0n) is 10.6. The molecule has 1 aromatic heterocycles. The van der Waals surface area contributed by atoms with Gasteiger partial charge in [0.15, 0.2) is 0 Å². The summed E-state index contributed by atoms with van der Waals surface area (Å²) in [7, 11) is -2.02. The van der Waals surface area contributed by atoms with Crippen LogP contribution in [0, 0.1) is 0 Å². The molecule has 7 nitrogen and oxygen atoms in total. The van der Waals surface area contributed by atoms with Gasteiger partial charge in [0, 0.05) is 13.2 Å². The van der Waals surface area contributed by atoms with Crippen LogP contribution < -0.4 is 4.72 Å². The fourth-order valence-corrected chi connectivity index (χ4v) is 2.68. The molecular formula is C12H13N3O4S. The molecule has 0 saturated heterocycles. The molecule has 1 aromatic carbocycles. The van der Waals surface area contributed by atoms with Crippen LogP contribution >= 0.6 is 0 Å². The minimum atomic E-state index is -3.70. The van der Waals surface area contributed by atoms with Crippen molar-refractivity contribution in [2.75, 3.05) is 4.72 Å². The van der Waals surface area contributed by atoms with Crippen molar-refractivity contribution in [2.45, 2.75) is 11.3 Å². The Kier molecular flexibility index (Phi) is 3.75. The molecule has 106 valence electrons. The van der Waals surface area contributed by atoms with Gasteiger partial charge in [-0.3, -0.25) is 14.2 Å². The monoisotopic (exact) mass is 295 g/mol. The third-order valence-corrected chi connectivity index (χ3v) is 3.94. The first-order valence-corrected chi connectivity index (χ1v) is 7.17. The molecule has 8 heteroatoms. The highest BCUT2D eigenvalue weighted by Gasteiger charge is 2.15. The van der Waals surface area contributed by atoms with Gasteiger partial charge >= 0.3 is 5.97 Å². The average molecular weight is 295 g/mol. The highest BCUT2D eigenvalue weighted by Crippen LogP contribution is 2.16. The lowest BCUT2D eigenvalue weighted by atomic mass is 10.2. The number of benzene rings is 1. The number of carboxylic acids is 1. The van der Waals surface area contributed by atoms with E-state index in [2.05, 4.69) is 9.82 Å². The maximum Gasteiger partial charge on any atom is 0.307 e. The molecule has 0 atom stereocenters. The predicted molar refractivity (Wildman–Crippen MR) is 71.8 cm³/mol. The van der Waals surface area contributed by atoms with Gasteiger partial charge in [0.25, 0.3) is 10.0 Å². The molecule has 1 heterocycles. The van der Waals surface area contributed by atoms with Crippen molar-refractivity contribution in [3.8, 4) is 0 Å². The summed E-state index contributed by atoms with van der Waals surface area (Å²) in [5.41, 5.74) is 0.903. The maximum atomic E-state index is 12.1. The van der Waals surface area contributed by atoms with Crippen LogP contribution in [0.1, 0.15) is 5.56 Å². The third kappa shape index (κ3) is 3.35. The Labute approximate surface area is 115 Å². The average Bonchev–Trinajstić information content (AvgIpc) is 2.74. The number of anilines is 1. The second kappa shape index (κ2) is 5.33. The number of carboxylic acid groups (broad SMARTS) is 1. The lowest BCUT2D eigenvalue weighted by molar-refractivity contribution is -0.136. The fourth-order valence-electron chi connectivity index (χ4n) is 1.65. The molecule has 0 bridgehead atoms. The minimum Gasteiger partial charge on any atom is -0.481 e. The van der Waals surface area contributed by atoms with E-state index >= 15 is 0 Å². The molecule has 0 fully saturated rings. The van der Waals surface area contributed by atoms with E-state index in [9.17, 15) is 13.2 Å². The highest BCUT2D eigenvalue weighted by molar-refractivity contribution is 7.92. The smallest absolute Gasteiger partial charge is 0.307 e. The number of aromatic nitrogens is 2. The number of nitrogens with one attached hydrogen (secondary N) is 1. The number of hydrogen-bond donors (Lipinski definition) is 2. The zero-order chi connectivity index (χ0) is 14.8. The lowest BCUT2D eigenvalue weighted by Crippen LogP contribution is -2.12. The van der Waals surface area contributed by atoms with Gasteiger partial charge in [-0.15, -0.1) is 0 Å². The summed E-state index contributed by atoms with van der Waals surface area (Å²) in [6.07, 6.45) is 2.79. The molecule has 2 N–H and O–H groups in total. The maximum absolute atomic E-state index is 12.1. The summed E-state index contributed by atoms with van der Waals surface area (Å²) in [5, 5.41) is 12.5. The van der Waals surface area contributed by atoms with Crippen LogP contribution in [0.15, 0.2) is 41.6 Å². The van der Waals surface area contributed by atoms with Crippen LogP contribution in [0.5, 0.6) is 0 Å². The SMILES string of the molecule is Cn1cc(NS(=O)(=O)c2ccc(CC(=O)O)cc2)cn1. The van der Waals surface area contributed by atoms with Crippen molar-refractivity contribution in [2.24, 2.45) is 7.05 Å². The van der Waals surface area contributed by atoms with Crippen molar-refractivity contribution >= 4 is 21.7 Å². The molecule has 0 spiro atoms. The molecule has 2 rings (SSSR count). The summed E-state index contributed by atoms with van der Waals surface area (Å²) < 4.78 is 28.0. The van der Waals surface area contributed by atoms with Crippen molar-refractivity contribution in [1.29, 1.82) is 0 Å². The molecule has 0 amide bonds. The Bertz CT molecular complexity index is 719. The van der Waals surface area contributed by atoms with Crippen LogP contribution in [0.3, 0.4) is 0 Å². The van der Waals surface area contributed by atoms with E-state index in [1.807, 2.05) is 0 Å². The van der Waals surface area contributed by atoms with E-state index in [0.29, 0.717) is 11.3 Å². The quantitative estimate of drug-likeness (QED) is 0.851. The first-order chi connectivity index (χ1) is 9.37. The van der Waals surface area contributed by atoms with Crippen LogP contribution in [-0.2, 0) is 28.3 Å². The van der Waals surface area contributed by atoms with E-state index in [1.165, 1.54) is 41.3 Å². The van der Waals surface area contributed by atoms with E-state index in [1.54, 1.807) is 7.05 Å². The molecule has 2 aromatic rings. The number of carbonyl (C=O) groups is 1. The van der Waals surface area contributed by atoms with Crippen LogP contribution in [0.4, 0.5) is 5.69 Å². The van der Waals surface area contributed by atoms with E-state index in [-0.39, 0.29) is 11.3 Å². The molecule has 0 aliphatic heterocycles. The van der Waals surface area contributed by atoms with E-state index < -0.39 is 16.0 Å². The summed E-state index contributed by atoms with van der Waals surface area (Å²) >= 11 is 0. The summed E-state index contributed by atoms with van der Waals surface area (Å²) in [4.78, 5) is 10.6. The predicted octanol–water partition coefficient (Wildman–Crippen LogP) is 0.848. The van der Waals surface area contributed by atoms with Gasteiger partial charge in [0.2, 0.25) is 0 Å². The number of nitrogens with zero attached hydrogens (tertiary/aromatic N) is 2. The van der Waals surface area contributed by atoms with Crippen LogP contribution in [-0.4, -0.2) is 29.3 Å². The van der Waals surface area contributed by atoms with Crippen molar-refractivity contribution < 1.29 is 18.3 Å². The molecule has 0 unspecified atom stereocenters. The van der Waals surface area contributed by atoms with Crippen molar-refractivity contribution in [1.82, 2.24) is 9.78 Å². The van der Waals surface area contributed by atoms with E-state index in [4.69, 9.17) is 5.11 Å². The Morgan fingerprint density at radius 3 is 2.50 bits per heavy atom. The van der Waals surface area contributed by atoms with Crippen LogP contribution in [0.25, 0.3) is 0 Å². The van der Waals surface area contributed by atoms with Gasteiger partial charge in [-0.25, -0.2) is 8.42 Å². The molecule has 0 aliphatic rings. The van der Waals surface area contributed by atoms with Gasteiger partial charge in [-0.05, 0) is 17.7 Å².